The summed E-state index contributed by atoms with van der Waals surface area (Å²) in [7, 11) is 3.88. The van der Waals surface area contributed by atoms with E-state index in [1.165, 1.54) is 10.8 Å². The third kappa shape index (κ3) is 6.34. The summed E-state index contributed by atoms with van der Waals surface area (Å²) in [6, 6.07) is 9.06. The normalized spacial score (nSPS) is 11.3. The van der Waals surface area contributed by atoms with Crippen molar-refractivity contribution in [3.05, 3.63) is 55.7 Å². The zero-order chi connectivity index (χ0) is 26.9. The van der Waals surface area contributed by atoms with Crippen LogP contribution in [0, 0.1) is 22.7 Å². The van der Waals surface area contributed by atoms with Crippen LogP contribution in [0.4, 0.5) is 5.69 Å². The third-order valence-electron chi connectivity index (χ3n) is 5.29. The summed E-state index contributed by atoms with van der Waals surface area (Å²) < 4.78 is 1.73. The minimum Gasteiger partial charge on any atom is -0.360 e. The van der Waals surface area contributed by atoms with E-state index in [0.717, 1.165) is 28.8 Å². The van der Waals surface area contributed by atoms with Crippen molar-refractivity contribution in [3.8, 4) is 12.1 Å². The number of likely N-dealkylation sites (N-methyl/N-ethyl adjacent to an activating group) is 1. The topological polar surface area (TPSA) is 159 Å². The van der Waals surface area contributed by atoms with Crippen LogP contribution < -0.4 is 30.7 Å². The van der Waals surface area contributed by atoms with Crippen molar-refractivity contribution in [3.63, 3.8) is 0 Å². The predicted molar refractivity (Wildman–Crippen MR) is 142 cm³/mol. The first-order valence-corrected chi connectivity index (χ1v) is 12.2. The van der Waals surface area contributed by atoms with E-state index in [1.807, 2.05) is 37.2 Å². The Morgan fingerprint density at radius 1 is 1.24 bits per heavy atom. The number of rotatable bonds is 9. The lowest BCUT2D eigenvalue weighted by Gasteiger charge is -2.10. The Kier molecular flexibility index (Phi) is 9.03. The fourth-order valence-corrected chi connectivity index (χ4v) is 4.53. The van der Waals surface area contributed by atoms with Gasteiger partial charge < -0.3 is 25.8 Å². The molecular formula is C25H26N8O3S. The van der Waals surface area contributed by atoms with E-state index in [9.17, 15) is 19.6 Å². The number of H-pyrrole nitrogens is 1. The fourth-order valence-electron chi connectivity index (χ4n) is 3.46. The number of hydrogen-bond acceptors (Lipinski definition) is 8. The SMILES string of the molecule is CCn1c(=O)c(=C=CNc2ccc3c(C(=O)NCCN(C)C)c[nH]c3c2)s/c1=C(/C#N)C(=O)NCC#N. The molecule has 37 heavy (non-hydrogen) atoms. The van der Waals surface area contributed by atoms with Gasteiger partial charge in [0.2, 0.25) is 0 Å². The van der Waals surface area contributed by atoms with Gasteiger partial charge >= 0.3 is 0 Å². The summed E-state index contributed by atoms with van der Waals surface area (Å²) in [5.41, 5.74) is 4.28. The average molecular weight is 519 g/mol. The van der Waals surface area contributed by atoms with Crippen molar-refractivity contribution in [2.75, 3.05) is 39.0 Å². The Morgan fingerprint density at radius 3 is 2.70 bits per heavy atom. The minimum atomic E-state index is -0.717. The van der Waals surface area contributed by atoms with Crippen molar-refractivity contribution in [1.29, 1.82) is 10.5 Å². The molecule has 2 heterocycles. The molecule has 3 aromatic rings. The first-order valence-electron chi connectivity index (χ1n) is 11.4. The van der Waals surface area contributed by atoms with Gasteiger partial charge in [-0.1, -0.05) is 5.73 Å². The van der Waals surface area contributed by atoms with Crippen LogP contribution in [0.3, 0.4) is 0 Å². The summed E-state index contributed by atoms with van der Waals surface area (Å²) in [6.45, 7) is 3.02. The van der Waals surface area contributed by atoms with E-state index in [0.29, 0.717) is 17.8 Å². The van der Waals surface area contributed by atoms with Crippen molar-refractivity contribution in [2.45, 2.75) is 13.5 Å². The van der Waals surface area contributed by atoms with Crippen LogP contribution >= 0.6 is 11.3 Å². The first-order chi connectivity index (χ1) is 17.8. The number of fused-ring (bicyclic) bond motifs is 1. The molecule has 0 unspecified atom stereocenters. The molecule has 0 spiro atoms. The van der Waals surface area contributed by atoms with E-state index in [4.69, 9.17) is 5.26 Å². The number of anilines is 1. The van der Waals surface area contributed by atoms with Gasteiger partial charge in [0.25, 0.3) is 17.4 Å². The molecule has 0 aliphatic heterocycles. The number of aromatic amines is 1. The summed E-state index contributed by atoms with van der Waals surface area (Å²) in [6.07, 6.45) is 3.13. The molecule has 11 nitrogen and oxygen atoms in total. The zero-order valence-electron chi connectivity index (χ0n) is 20.6. The molecule has 0 saturated carbocycles. The van der Waals surface area contributed by atoms with Gasteiger partial charge in [-0.05, 0) is 39.2 Å². The Hall–Kier alpha value is -4.61. The van der Waals surface area contributed by atoms with Gasteiger partial charge in [0.05, 0.1) is 11.6 Å². The Balaban J connectivity index is 1.88. The number of amides is 2. The number of nitrogens with one attached hydrogen (secondary N) is 4. The van der Waals surface area contributed by atoms with E-state index in [-0.39, 0.29) is 39.3 Å². The number of carbonyl (C=O) groups excluding carboxylic acids is 2. The van der Waals surface area contributed by atoms with Gasteiger partial charge in [-0.15, -0.1) is 11.3 Å². The maximum absolute atomic E-state index is 12.8. The number of carbonyl (C=O) groups is 2. The number of benzene rings is 1. The lowest BCUT2D eigenvalue weighted by molar-refractivity contribution is -0.115. The second-order valence-electron chi connectivity index (χ2n) is 8.07. The third-order valence-corrected chi connectivity index (χ3v) is 6.41. The minimum absolute atomic E-state index is 0.155. The number of aromatic nitrogens is 2. The molecule has 3 rings (SSSR count). The second-order valence-corrected chi connectivity index (χ2v) is 9.07. The predicted octanol–water partition coefficient (Wildman–Crippen LogP) is 0.0217. The molecular weight excluding hydrogens is 492 g/mol. The number of nitriles is 2. The summed E-state index contributed by atoms with van der Waals surface area (Å²) in [4.78, 5) is 42.6. The van der Waals surface area contributed by atoms with Crippen LogP contribution in [0.15, 0.2) is 35.4 Å². The molecule has 2 aromatic heterocycles. The zero-order valence-corrected chi connectivity index (χ0v) is 21.5. The molecule has 0 atom stereocenters. The van der Waals surface area contributed by atoms with Crippen LogP contribution in [0.1, 0.15) is 17.3 Å². The highest BCUT2D eigenvalue weighted by Gasteiger charge is 2.15. The molecule has 0 fully saturated rings. The van der Waals surface area contributed by atoms with E-state index in [1.54, 1.807) is 25.3 Å². The highest BCUT2D eigenvalue weighted by molar-refractivity contribution is 7.07. The highest BCUT2D eigenvalue weighted by Crippen LogP contribution is 2.22. The molecule has 0 radical (unpaired) electrons. The molecule has 190 valence electrons. The van der Waals surface area contributed by atoms with Crippen LogP contribution in [-0.2, 0) is 11.3 Å². The van der Waals surface area contributed by atoms with Crippen molar-refractivity contribution >= 4 is 51.0 Å². The van der Waals surface area contributed by atoms with Gasteiger partial charge in [0.15, 0.2) is 5.57 Å². The smallest absolute Gasteiger partial charge is 0.277 e. The summed E-state index contributed by atoms with van der Waals surface area (Å²) in [5.74, 6) is -0.872. The van der Waals surface area contributed by atoms with Gasteiger partial charge in [0, 0.05) is 48.6 Å². The molecule has 0 aliphatic rings. The van der Waals surface area contributed by atoms with Gasteiger partial charge in [-0.2, -0.15) is 10.5 Å². The maximum atomic E-state index is 12.8. The summed E-state index contributed by atoms with van der Waals surface area (Å²) >= 11 is 0.969. The lowest BCUT2D eigenvalue weighted by atomic mass is 10.1. The largest absolute Gasteiger partial charge is 0.360 e. The van der Waals surface area contributed by atoms with E-state index in [2.05, 4.69) is 26.7 Å². The van der Waals surface area contributed by atoms with Gasteiger partial charge in [-0.3, -0.25) is 19.0 Å². The van der Waals surface area contributed by atoms with Crippen LogP contribution in [0.5, 0.6) is 0 Å². The van der Waals surface area contributed by atoms with Gasteiger partial charge in [-0.25, -0.2) is 0 Å². The molecule has 0 aliphatic carbocycles. The standard InChI is InChI=1S/C25H26N8O3S/c1-4-33-24(36)21(37-25(33)18(14-27)22(34)29-10-8-26)7-9-28-16-5-6-17-19(15-31-20(17)13-16)23(35)30-11-12-32(2)3/h5-6,9,13,15,28,31H,4,10-12H2,1-3H3,(H,29,34)(H,30,35)/b25-18-. The molecule has 12 heteroatoms. The number of hydrogen-bond donors (Lipinski definition) is 4. The van der Waals surface area contributed by atoms with Crippen molar-refractivity contribution in [2.24, 2.45) is 0 Å². The number of nitrogens with zero attached hydrogens (tertiary/aromatic N) is 4. The highest BCUT2D eigenvalue weighted by atomic mass is 32.1. The monoisotopic (exact) mass is 518 g/mol. The fraction of sp³-hybridized carbons (Fsp3) is 0.280. The molecule has 4 N–H and O–H groups in total. The van der Waals surface area contributed by atoms with Crippen molar-refractivity contribution < 1.29 is 9.59 Å². The van der Waals surface area contributed by atoms with Crippen LogP contribution in [0.2, 0.25) is 0 Å². The van der Waals surface area contributed by atoms with Crippen molar-refractivity contribution in [1.82, 2.24) is 25.1 Å². The quantitative estimate of drug-likeness (QED) is 0.291. The molecule has 0 saturated heterocycles. The van der Waals surface area contributed by atoms with Crippen LogP contribution in [0.25, 0.3) is 22.2 Å². The Bertz CT molecular complexity index is 1620. The molecule has 2 amide bonds. The average Bonchev–Trinajstić information content (AvgIpc) is 3.43. The molecule has 1 aromatic carbocycles. The Morgan fingerprint density at radius 2 is 2.03 bits per heavy atom. The Labute approximate surface area is 216 Å². The van der Waals surface area contributed by atoms with E-state index >= 15 is 0 Å². The first kappa shape index (κ1) is 27.0. The lowest BCUT2D eigenvalue weighted by Crippen LogP contribution is -2.34. The van der Waals surface area contributed by atoms with Gasteiger partial charge in [0.1, 0.15) is 21.8 Å². The maximum Gasteiger partial charge on any atom is 0.277 e. The summed E-state index contributed by atoms with van der Waals surface area (Å²) in [5, 5.41) is 27.2. The second kappa shape index (κ2) is 12.4. The van der Waals surface area contributed by atoms with E-state index < -0.39 is 5.91 Å². The molecule has 0 bridgehead atoms. The number of thiazole rings is 1. The van der Waals surface area contributed by atoms with Crippen LogP contribution in [-0.4, -0.2) is 60.0 Å².